The number of hydrogen-bond acceptors (Lipinski definition) is 3. The average Bonchev–Trinajstić information content (AvgIpc) is 2.47. The molecule has 4 heteroatoms. The summed E-state index contributed by atoms with van der Waals surface area (Å²) in [6, 6.07) is 12.6. The second kappa shape index (κ2) is 5.48. The Balaban J connectivity index is 1.94. The van der Waals surface area contributed by atoms with Crippen LogP contribution in [0, 0.1) is 0 Å². The quantitative estimate of drug-likeness (QED) is 0.909. The third-order valence-electron chi connectivity index (χ3n) is 3.86. The van der Waals surface area contributed by atoms with Gasteiger partial charge in [0.15, 0.2) is 0 Å². The van der Waals surface area contributed by atoms with Gasteiger partial charge in [0.25, 0.3) is 0 Å². The predicted octanol–water partition coefficient (Wildman–Crippen LogP) is 3.04. The van der Waals surface area contributed by atoms with Crippen LogP contribution < -0.4 is 4.90 Å². The number of aromatic hydroxyl groups is 1. The fourth-order valence-corrected chi connectivity index (χ4v) is 2.94. The monoisotopic (exact) mass is 283 g/mol. The molecule has 0 fully saturated rings. The minimum atomic E-state index is -0.869. The molecule has 1 heterocycles. The highest BCUT2D eigenvalue weighted by molar-refractivity contribution is 5.91. The normalized spacial score (nSPS) is 13.8. The lowest BCUT2D eigenvalue weighted by Crippen LogP contribution is -2.29. The first-order chi connectivity index (χ1) is 10.1. The third kappa shape index (κ3) is 2.70. The van der Waals surface area contributed by atoms with E-state index in [1.54, 1.807) is 24.3 Å². The summed E-state index contributed by atoms with van der Waals surface area (Å²) in [4.78, 5) is 13.5. The van der Waals surface area contributed by atoms with Gasteiger partial charge in [-0.05, 0) is 48.2 Å². The molecule has 2 aromatic rings. The summed E-state index contributed by atoms with van der Waals surface area (Å²) in [5.74, 6) is -0.616. The van der Waals surface area contributed by atoms with Crippen LogP contribution in [0.5, 0.6) is 5.75 Å². The maximum atomic E-state index is 11.3. The Bertz CT molecular complexity index is 681. The number of nitrogens with zero attached hydrogens (tertiary/aromatic N) is 1. The van der Waals surface area contributed by atoms with Crippen molar-refractivity contribution in [2.75, 3.05) is 11.4 Å². The van der Waals surface area contributed by atoms with Crippen LogP contribution in [-0.2, 0) is 13.0 Å². The van der Waals surface area contributed by atoms with Gasteiger partial charge in [0.2, 0.25) is 0 Å². The molecule has 108 valence electrons. The van der Waals surface area contributed by atoms with Crippen LogP contribution in [0.3, 0.4) is 0 Å². The number of carboxylic acids is 1. The van der Waals surface area contributed by atoms with Gasteiger partial charge in [-0.3, -0.25) is 0 Å². The SMILES string of the molecule is O=C(O)c1cccc2c1CCCN2Cc1cccc(O)c1. The molecule has 0 atom stereocenters. The average molecular weight is 283 g/mol. The molecule has 0 unspecified atom stereocenters. The lowest BCUT2D eigenvalue weighted by atomic mass is 9.96. The maximum absolute atomic E-state index is 11.3. The van der Waals surface area contributed by atoms with Gasteiger partial charge >= 0.3 is 5.97 Å². The van der Waals surface area contributed by atoms with E-state index in [0.29, 0.717) is 12.1 Å². The molecule has 0 spiro atoms. The minimum Gasteiger partial charge on any atom is -0.508 e. The Morgan fingerprint density at radius 1 is 1.19 bits per heavy atom. The van der Waals surface area contributed by atoms with Crippen LogP contribution in [0.15, 0.2) is 42.5 Å². The zero-order valence-electron chi connectivity index (χ0n) is 11.6. The zero-order valence-corrected chi connectivity index (χ0v) is 11.6. The summed E-state index contributed by atoms with van der Waals surface area (Å²) in [6.07, 6.45) is 1.74. The number of anilines is 1. The Labute approximate surface area is 123 Å². The first-order valence-electron chi connectivity index (χ1n) is 7.03. The molecule has 0 amide bonds. The van der Waals surface area contributed by atoms with Crippen LogP contribution >= 0.6 is 0 Å². The van der Waals surface area contributed by atoms with Gasteiger partial charge in [-0.1, -0.05) is 18.2 Å². The highest BCUT2D eigenvalue weighted by atomic mass is 16.4. The van der Waals surface area contributed by atoms with Gasteiger partial charge in [0.05, 0.1) is 5.56 Å². The first-order valence-corrected chi connectivity index (χ1v) is 7.03. The fourth-order valence-electron chi connectivity index (χ4n) is 2.94. The minimum absolute atomic E-state index is 0.254. The van der Waals surface area contributed by atoms with E-state index in [1.807, 2.05) is 18.2 Å². The molecule has 21 heavy (non-hydrogen) atoms. The van der Waals surface area contributed by atoms with Crippen molar-refractivity contribution in [1.29, 1.82) is 0 Å². The molecule has 1 aliphatic rings. The molecule has 0 radical (unpaired) electrons. The number of hydrogen-bond donors (Lipinski definition) is 2. The van der Waals surface area contributed by atoms with Crippen molar-refractivity contribution in [3.63, 3.8) is 0 Å². The Morgan fingerprint density at radius 3 is 2.76 bits per heavy atom. The Morgan fingerprint density at radius 2 is 2.00 bits per heavy atom. The van der Waals surface area contributed by atoms with Crippen LogP contribution in [0.2, 0.25) is 0 Å². The molecule has 4 nitrogen and oxygen atoms in total. The van der Waals surface area contributed by atoms with Gasteiger partial charge in [-0.2, -0.15) is 0 Å². The van der Waals surface area contributed by atoms with E-state index in [4.69, 9.17) is 0 Å². The van der Waals surface area contributed by atoms with Gasteiger partial charge in [-0.15, -0.1) is 0 Å². The van der Waals surface area contributed by atoms with Crippen molar-refractivity contribution < 1.29 is 15.0 Å². The molecule has 3 rings (SSSR count). The predicted molar refractivity (Wildman–Crippen MR) is 80.9 cm³/mol. The van der Waals surface area contributed by atoms with Crippen molar-refractivity contribution in [2.45, 2.75) is 19.4 Å². The molecule has 0 saturated heterocycles. The van der Waals surface area contributed by atoms with Crippen LogP contribution in [0.25, 0.3) is 0 Å². The lowest BCUT2D eigenvalue weighted by Gasteiger charge is -2.32. The number of carbonyl (C=O) groups is 1. The van der Waals surface area contributed by atoms with E-state index in [1.165, 1.54) is 0 Å². The van der Waals surface area contributed by atoms with Crippen LogP contribution in [-0.4, -0.2) is 22.7 Å². The van der Waals surface area contributed by atoms with Crippen molar-refractivity contribution in [3.05, 3.63) is 59.2 Å². The molecule has 0 aliphatic carbocycles. The highest BCUT2D eigenvalue weighted by Gasteiger charge is 2.21. The molecular weight excluding hydrogens is 266 g/mol. The summed E-state index contributed by atoms with van der Waals surface area (Å²) < 4.78 is 0. The van der Waals surface area contributed by atoms with Crippen molar-refractivity contribution >= 4 is 11.7 Å². The summed E-state index contributed by atoms with van der Waals surface area (Å²) in [5, 5.41) is 18.9. The van der Waals surface area contributed by atoms with Crippen LogP contribution in [0.4, 0.5) is 5.69 Å². The molecule has 0 saturated carbocycles. The third-order valence-corrected chi connectivity index (χ3v) is 3.86. The van der Waals surface area contributed by atoms with E-state index >= 15 is 0 Å². The van der Waals surface area contributed by atoms with Crippen molar-refractivity contribution in [2.24, 2.45) is 0 Å². The van der Waals surface area contributed by atoms with E-state index in [2.05, 4.69) is 4.90 Å². The summed E-state index contributed by atoms with van der Waals surface area (Å²) >= 11 is 0. The van der Waals surface area contributed by atoms with Gasteiger partial charge in [0.1, 0.15) is 5.75 Å². The fraction of sp³-hybridized carbons (Fsp3) is 0.235. The number of aromatic carboxylic acids is 1. The Kier molecular flexibility index (Phi) is 3.52. The number of benzene rings is 2. The van der Waals surface area contributed by atoms with Crippen molar-refractivity contribution in [1.82, 2.24) is 0 Å². The number of rotatable bonds is 3. The molecule has 2 N–H and O–H groups in total. The van der Waals surface area contributed by atoms with Crippen LogP contribution in [0.1, 0.15) is 27.9 Å². The number of phenolic OH excluding ortho intramolecular Hbond substituents is 1. The van der Waals surface area contributed by atoms with E-state index in [0.717, 1.165) is 36.2 Å². The van der Waals surface area contributed by atoms with Gasteiger partial charge in [0, 0.05) is 18.8 Å². The zero-order chi connectivity index (χ0) is 14.8. The second-order valence-corrected chi connectivity index (χ2v) is 5.30. The summed E-state index contributed by atoms with van der Waals surface area (Å²) in [6.45, 7) is 1.57. The van der Waals surface area contributed by atoms with E-state index in [9.17, 15) is 15.0 Å². The largest absolute Gasteiger partial charge is 0.508 e. The topological polar surface area (TPSA) is 60.8 Å². The summed E-state index contributed by atoms with van der Waals surface area (Å²) in [7, 11) is 0. The molecule has 0 bridgehead atoms. The van der Waals surface area contributed by atoms with E-state index < -0.39 is 5.97 Å². The maximum Gasteiger partial charge on any atom is 0.336 e. The van der Waals surface area contributed by atoms with Gasteiger partial charge < -0.3 is 15.1 Å². The van der Waals surface area contributed by atoms with Gasteiger partial charge in [-0.25, -0.2) is 4.79 Å². The Hall–Kier alpha value is -2.49. The second-order valence-electron chi connectivity index (χ2n) is 5.30. The highest BCUT2D eigenvalue weighted by Crippen LogP contribution is 2.31. The summed E-state index contributed by atoms with van der Waals surface area (Å²) in [5.41, 5.74) is 3.32. The molecule has 0 aromatic heterocycles. The first kappa shape index (κ1) is 13.5. The van der Waals surface area contributed by atoms with Crippen molar-refractivity contribution in [3.8, 4) is 5.75 Å². The number of carboxylic acid groups (broad SMARTS) is 1. The van der Waals surface area contributed by atoms with E-state index in [-0.39, 0.29) is 5.75 Å². The lowest BCUT2D eigenvalue weighted by molar-refractivity contribution is 0.0695. The number of fused-ring (bicyclic) bond motifs is 1. The molecular formula is C17H17NO3. The molecule has 2 aromatic carbocycles. The standard InChI is InChI=1S/C17H17NO3/c19-13-5-1-4-12(10-13)11-18-9-3-7-14-15(17(20)21)6-2-8-16(14)18/h1-2,4-6,8,10,19H,3,7,9,11H2,(H,20,21). The number of phenols is 1. The molecule has 1 aliphatic heterocycles. The smallest absolute Gasteiger partial charge is 0.336 e.